The third-order valence-electron chi connectivity index (χ3n) is 3.49. The van der Waals surface area contributed by atoms with Gasteiger partial charge in [-0.3, -0.25) is 4.79 Å². The van der Waals surface area contributed by atoms with Crippen LogP contribution in [0, 0.1) is 17.7 Å². The highest BCUT2D eigenvalue weighted by molar-refractivity contribution is 5.78. The van der Waals surface area contributed by atoms with Gasteiger partial charge in [-0.2, -0.15) is 0 Å². The van der Waals surface area contributed by atoms with Gasteiger partial charge in [-0.05, 0) is 36.0 Å². The van der Waals surface area contributed by atoms with Gasteiger partial charge in [-0.25, -0.2) is 4.39 Å². The van der Waals surface area contributed by atoms with Crippen molar-refractivity contribution in [1.82, 2.24) is 4.90 Å². The van der Waals surface area contributed by atoms with Crippen LogP contribution >= 0.6 is 0 Å². The maximum Gasteiger partial charge on any atom is 0.227 e. The predicted molar refractivity (Wildman–Crippen MR) is 69.6 cm³/mol. The van der Waals surface area contributed by atoms with Gasteiger partial charge in [0.1, 0.15) is 5.82 Å². The molecule has 0 saturated carbocycles. The lowest BCUT2D eigenvalue weighted by atomic mass is 9.91. The summed E-state index contributed by atoms with van der Waals surface area (Å²) in [7, 11) is 0. The third-order valence-corrected chi connectivity index (χ3v) is 3.49. The monoisotopic (exact) mass is 249 g/mol. The molecule has 2 atom stereocenters. The molecular formula is C15H20FNO. The minimum absolute atomic E-state index is 0.153. The lowest BCUT2D eigenvalue weighted by Gasteiger charge is -2.35. The molecule has 18 heavy (non-hydrogen) atoms. The number of amides is 1. The van der Waals surface area contributed by atoms with Gasteiger partial charge < -0.3 is 4.90 Å². The molecule has 2 rings (SSSR count). The Labute approximate surface area is 108 Å². The van der Waals surface area contributed by atoms with E-state index in [-0.39, 0.29) is 11.7 Å². The van der Waals surface area contributed by atoms with Gasteiger partial charge in [0.05, 0.1) is 6.42 Å². The average molecular weight is 249 g/mol. The fraction of sp³-hybridized carbons (Fsp3) is 0.533. The molecule has 2 nitrogen and oxygen atoms in total. The second-order valence-corrected chi connectivity index (χ2v) is 5.55. The van der Waals surface area contributed by atoms with E-state index >= 15 is 0 Å². The van der Waals surface area contributed by atoms with Crippen LogP contribution in [0.25, 0.3) is 0 Å². The molecule has 0 N–H and O–H groups in total. The number of halogens is 1. The molecule has 1 heterocycles. The van der Waals surface area contributed by atoms with Crippen molar-refractivity contribution in [2.45, 2.75) is 26.7 Å². The summed E-state index contributed by atoms with van der Waals surface area (Å²) in [6.45, 7) is 6.08. The van der Waals surface area contributed by atoms with Crippen LogP contribution in [0.1, 0.15) is 25.8 Å². The molecule has 1 aliphatic heterocycles. The van der Waals surface area contributed by atoms with Gasteiger partial charge in [0.25, 0.3) is 0 Å². The lowest BCUT2D eigenvalue weighted by molar-refractivity contribution is -0.133. The first-order chi connectivity index (χ1) is 8.54. The molecule has 1 aromatic carbocycles. The van der Waals surface area contributed by atoms with E-state index in [9.17, 15) is 9.18 Å². The number of carbonyl (C=O) groups excluding carboxylic acids is 1. The molecule has 3 heteroatoms. The Morgan fingerprint density at radius 1 is 1.22 bits per heavy atom. The smallest absolute Gasteiger partial charge is 0.227 e. The van der Waals surface area contributed by atoms with Crippen molar-refractivity contribution in [3.8, 4) is 0 Å². The number of rotatable bonds is 2. The molecule has 0 spiro atoms. The third kappa shape index (κ3) is 3.31. The first kappa shape index (κ1) is 13.1. The van der Waals surface area contributed by atoms with E-state index in [0.717, 1.165) is 18.7 Å². The number of piperidine rings is 1. The number of benzene rings is 1. The standard InChI is InChI=1S/C15H20FNO/c1-11-7-12(2)10-17(9-11)15(18)8-13-3-5-14(16)6-4-13/h3-6,11-12H,7-10H2,1-2H3/t11-,12+. The van der Waals surface area contributed by atoms with Gasteiger partial charge >= 0.3 is 0 Å². The van der Waals surface area contributed by atoms with Gasteiger partial charge in [0, 0.05) is 13.1 Å². The van der Waals surface area contributed by atoms with E-state index in [1.165, 1.54) is 18.6 Å². The van der Waals surface area contributed by atoms with Crippen molar-refractivity contribution in [1.29, 1.82) is 0 Å². The summed E-state index contributed by atoms with van der Waals surface area (Å²) in [4.78, 5) is 14.1. The summed E-state index contributed by atoms with van der Waals surface area (Å²) in [5.41, 5.74) is 0.882. The summed E-state index contributed by atoms with van der Waals surface area (Å²) >= 11 is 0. The topological polar surface area (TPSA) is 20.3 Å². The normalized spacial score (nSPS) is 24.1. The Morgan fingerprint density at radius 2 is 1.78 bits per heavy atom. The molecule has 1 aliphatic rings. The Kier molecular flexibility index (Phi) is 4.00. The van der Waals surface area contributed by atoms with Crippen molar-refractivity contribution in [3.05, 3.63) is 35.6 Å². The number of carbonyl (C=O) groups is 1. The molecule has 1 amide bonds. The minimum atomic E-state index is -0.258. The summed E-state index contributed by atoms with van der Waals surface area (Å²) < 4.78 is 12.8. The van der Waals surface area contributed by atoms with Crippen LogP contribution < -0.4 is 0 Å². The zero-order valence-corrected chi connectivity index (χ0v) is 11.0. The number of hydrogen-bond donors (Lipinski definition) is 0. The average Bonchev–Trinajstić information content (AvgIpc) is 2.31. The Balaban J connectivity index is 1.97. The molecule has 1 aromatic rings. The van der Waals surface area contributed by atoms with Crippen molar-refractivity contribution < 1.29 is 9.18 Å². The first-order valence-electron chi connectivity index (χ1n) is 6.57. The second kappa shape index (κ2) is 5.51. The summed E-state index contributed by atoms with van der Waals surface area (Å²) in [6, 6.07) is 6.18. The molecule has 98 valence electrons. The molecule has 0 radical (unpaired) electrons. The number of likely N-dealkylation sites (tertiary alicyclic amines) is 1. The van der Waals surface area contributed by atoms with Crippen LogP contribution in [0.2, 0.25) is 0 Å². The molecule has 0 aliphatic carbocycles. The maximum atomic E-state index is 12.8. The van der Waals surface area contributed by atoms with Crippen LogP contribution in [-0.4, -0.2) is 23.9 Å². The Hall–Kier alpha value is -1.38. The molecular weight excluding hydrogens is 229 g/mol. The maximum absolute atomic E-state index is 12.8. The Bertz CT molecular complexity index is 405. The fourth-order valence-electron chi connectivity index (χ4n) is 2.76. The summed E-state index contributed by atoms with van der Waals surface area (Å²) in [6.07, 6.45) is 1.57. The quantitative estimate of drug-likeness (QED) is 0.789. The minimum Gasteiger partial charge on any atom is -0.342 e. The fourth-order valence-corrected chi connectivity index (χ4v) is 2.76. The SMILES string of the molecule is C[C@@H]1C[C@H](C)CN(C(=O)Cc2ccc(F)cc2)C1. The molecule has 0 aromatic heterocycles. The van der Waals surface area contributed by atoms with Gasteiger partial charge in [-0.1, -0.05) is 26.0 Å². The van der Waals surface area contributed by atoms with E-state index in [1.807, 2.05) is 4.90 Å². The molecule has 0 bridgehead atoms. The van der Waals surface area contributed by atoms with Gasteiger partial charge in [0.15, 0.2) is 0 Å². The van der Waals surface area contributed by atoms with Crippen LogP contribution in [0.4, 0.5) is 4.39 Å². The highest BCUT2D eigenvalue weighted by atomic mass is 19.1. The van der Waals surface area contributed by atoms with Crippen molar-refractivity contribution in [2.75, 3.05) is 13.1 Å². The number of nitrogens with zero attached hydrogens (tertiary/aromatic N) is 1. The first-order valence-corrected chi connectivity index (χ1v) is 6.57. The summed E-state index contributed by atoms with van der Waals surface area (Å²) in [5, 5.41) is 0. The van der Waals surface area contributed by atoms with Gasteiger partial charge in [0.2, 0.25) is 5.91 Å². The van der Waals surface area contributed by atoms with Crippen LogP contribution in [0.5, 0.6) is 0 Å². The van der Waals surface area contributed by atoms with Crippen molar-refractivity contribution >= 4 is 5.91 Å². The lowest BCUT2D eigenvalue weighted by Crippen LogP contribution is -2.43. The van der Waals surface area contributed by atoms with E-state index in [1.54, 1.807) is 12.1 Å². The van der Waals surface area contributed by atoms with Crippen LogP contribution in [-0.2, 0) is 11.2 Å². The van der Waals surface area contributed by atoms with Crippen molar-refractivity contribution in [3.63, 3.8) is 0 Å². The van der Waals surface area contributed by atoms with Crippen LogP contribution in [0.15, 0.2) is 24.3 Å². The van der Waals surface area contributed by atoms with Crippen LogP contribution in [0.3, 0.4) is 0 Å². The van der Waals surface area contributed by atoms with E-state index < -0.39 is 0 Å². The highest BCUT2D eigenvalue weighted by Crippen LogP contribution is 2.21. The molecule has 1 saturated heterocycles. The van der Waals surface area contributed by atoms with E-state index in [2.05, 4.69) is 13.8 Å². The molecule has 1 fully saturated rings. The zero-order chi connectivity index (χ0) is 13.1. The molecule has 0 unspecified atom stereocenters. The number of hydrogen-bond acceptors (Lipinski definition) is 1. The summed E-state index contributed by atoms with van der Waals surface area (Å²) in [5.74, 6) is 1.04. The second-order valence-electron chi connectivity index (χ2n) is 5.55. The van der Waals surface area contributed by atoms with E-state index in [0.29, 0.717) is 18.3 Å². The largest absolute Gasteiger partial charge is 0.342 e. The zero-order valence-electron chi connectivity index (χ0n) is 11.0. The van der Waals surface area contributed by atoms with Crippen molar-refractivity contribution in [2.24, 2.45) is 11.8 Å². The van der Waals surface area contributed by atoms with E-state index in [4.69, 9.17) is 0 Å². The predicted octanol–water partition coefficient (Wildman–Crippen LogP) is 2.87. The van der Waals surface area contributed by atoms with Gasteiger partial charge in [-0.15, -0.1) is 0 Å². The highest BCUT2D eigenvalue weighted by Gasteiger charge is 2.25. The Morgan fingerprint density at radius 3 is 2.33 bits per heavy atom.